The van der Waals surface area contributed by atoms with Crippen LogP contribution in [0, 0.1) is 13.8 Å². The number of carbonyl (C=O) groups is 1. The zero-order chi connectivity index (χ0) is 13.1. The smallest absolute Gasteiger partial charge is 0.311 e. The molecule has 1 heterocycles. The Labute approximate surface area is 106 Å². The van der Waals surface area contributed by atoms with Gasteiger partial charge < -0.3 is 9.52 Å². The first-order valence-electron chi connectivity index (χ1n) is 5.90. The van der Waals surface area contributed by atoms with Crippen LogP contribution in [0.1, 0.15) is 28.4 Å². The second-order valence-corrected chi connectivity index (χ2v) is 4.53. The van der Waals surface area contributed by atoms with Crippen molar-refractivity contribution in [2.45, 2.75) is 26.2 Å². The third-order valence-corrected chi connectivity index (χ3v) is 3.08. The Morgan fingerprint density at radius 3 is 2.67 bits per heavy atom. The maximum absolute atomic E-state index is 11.4. The van der Waals surface area contributed by atoms with Crippen LogP contribution < -0.4 is 0 Å². The van der Waals surface area contributed by atoms with Crippen LogP contribution in [-0.2, 0) is 11.2 Å². The van der Waals surface area contributed by atoms with Crippen molar-refractivity contribution in [3.05, 3.63) is 59.0 Å². The first-order chi connectivity index (χ1) is 8.58. The molecular weight excluding hydrogens is 228 g/mol. The molecule has 1 atom stereocenters. The molecule has 1 aromatic carbocycles. The molecule has 1 unspecified atom stereocenters. The molecule has 0 aliphatic heterocycles. The molecule has 0 aliphatic rings. The van der Waals surface area contributed by atoms with Crippen LogP contribution in [0.4, 0.5) is 0 Å². The fourth-order valence-electron chi connectivity index (χ4n) is 2.18. The van der Waals surface area contributed by atoms with Crippen molar-refractivity contribution in [3.63, 3.8) is 0 Å². The number of furan rings is 1. The van der Waals surface area contributed by atoms with E-state index in [4.69, 9.17) is 4.42 Å². The first-order valence-corrected chi connectivity index (χ1v) is 5.90. The van der Waals surface area contributed by atoms with E-state index in [0.29, 0.717) is 12.2 Å². The lowest BCUT2D eigenvalue weighted by atomic mass is 9.90. The summed E-state index contributed by atoms with van der Waals surface area (Å²) in [6.45, 7) is 3.94. The quantitative estimate of drug-likeness (QED) is 0.897. The van der Waals surface area contributed by atoms with Crippen LogP contribution in [0.3, 0.4) is 0 Å². The van der Waals surface area contributed by atoms with Crippen LogP contribution in [-0.4, -0.2) is 11.1 Å². The zero-order valence-corrected chi connectivity index (χ0v) is 10.5. The molecule has 0 fully saturated rings. The average Bonchev–Trinajstić information content (AvgIpc) is 2.79. The topological polar surface area (TPSA) is 50.4 Å². The Bertz CT molecular complexity index is 541. The van der Waals surface area contributed by atoms with Gasteiger partial charge in [0.25, 0.3) is 0 Å². The van der Waals surface area contributed by atoms with Gasteiger partial charge in [-0.3, -0.25) is 4.79 Å². The van der Waals surface area contributed by atoms with Gasteiger partial charge in [-0.15, -0.1) is 0 Å². The van der Waals surface area contributed by atoms with E-state index in [9.17, 15) is 9.90 Å². The molecule has 1 N–H and O–H groups in total. The summed E-state index contributed by atoms with van der Waals surface area (Å²) in [4.78, 5) is 11.4. The highest BCUT2D eigenvalue weighted by atomic mass is 16.4. The predicted octanol–water partition coefficient (Wildman–Crippen LogP) is 3.31. The molecule has 0 saturated heterocycles. The number of aliphatic carboxylic acids is 1. The van der Waals surface area contributed by atoms with Crippen molar-refractivity contribution >= 4 is 5.97 Å². The molecule has 3 nitrogen and oxygen atoms in total. The summed E-state index contributed by atoms with van der Waals surface area (Å²) in [5, 5.41) is 9.38. The van der Waals surface area contributed by atoms with Gasteiger partial charge in [-0.05, 0) is 37.1 Å². The van der Waals surface area contributed by atoms with Gasteiger partial charge >= 0.3 is 5.97 Å². The Balaban J connectivity index is 2.32. The lowest BCUT2D eigenvalue weighted by molar-refractivity contribution is -0.138. The highest BCUT2D eigenvalue weighted by Gasteiger charge is 2.23. The predicted molar refractivity (Wildman–Crippen MR) is 68.7 cm³/mol. The van der Waals surface area contributed by atoms with E-state index in [1.54, 1.807) is 18.4 Å². The van der Waals surface area contributed by atoms with Crippen molar-refractivity contribution in [3.8, 4) is 0 Å². The van der Waals surface area contributed by atoms with Crippen LogP contribution in [0.15, 0.2) is 41.0 Å². The zero-order valence-electron chi connectivity index (χ0n) is 10.5. The molecule has 0 bridgehead atoms. The van der Waals surface area contributed by atoms with Gasteiger partial charge in [0.05, 0.1) is 12.2 Å². The fourth-order valence-corrected chi connectivity index (χ4v) is 2.18. The van der Waals surface area contributed by atoms with Gasteiger partial charge in [0.1, 0.15) is 5.76 Å². The third kappa shape index (κ3) is 2.62. The first kappa shape index (κ1) is 12.4. The lowest BCUT2D eigenvalue weighted by Gasteiger charge is -2.14. The minimum Gasteiger partial charge on any atom is -0.481 e. The van der Waals surface area contributed by atoms with Crippen molar-refractivity contribution in [1.29, 1.82) is 0 Å². The van der Waals surface area contributed by atoms with Gasteiger partial charge in [0.2, 0.25) is 0 Å². The monoisotopic (exact) mass is 244 g/mol. The largest absolute Gasteiger partial charge is 0.481 e. The molecule has 0 aliphatic carbocycles. The number of carboxylic acids is 1. The number of hydrogen-bond donors (Lipinski definition) is 1. The second kappa shape index (κ2) is 5.08. The van der Waals surface area contributed by atoms with Crippen LogP contribution in [0.2, 0.25) is 0 Å². The van der Waals surface area contributed by atoms with Gasteiger partial charge in [-0.2, -0.15) is 0 Å². The van der Waals surface area contributed by atoms with E-state index in [-0.39, 0.29) is 0 Å². The van der Waals surface area contributed by atoms with Crippen molar-refractivity contribution in [2.75, 3.05) is 0 Å². The van der Waals surface area contributed by atoms with E-state index in [0.717, 1.165) is 16.7 Å². The Morgan fingerprint density at radius 1 is 1.33 bits per heavy atom. The van der Waals surface area contributed by atoms with Gasteiger partial charge in [0.15, 0.2) is 0 Å². The van der Waals surface area contributed by atoms with Crippen LogP contribution >= 0.6 is 0 Å². The maximum Gasteiger partial charge on any atom is 0.311 e. The number of carboxylic acid groups (broad SMARTS) is 1. The van der Waals surface area contributed by atoms with Gasteiger partial charge in [-0.25, -0.2) is 0 Å². The standard InChI is InChI=1S/C15H16O3/c1-10-5-6-13(11(2)8-10)14(15(16)17)9-12-4-3-7-18-12/h3-8,14H,9H2,1-2H3,(H,16,17). The van der Waals surface area contributed by atoms with E-state index in [1.165, 1.54) is 0 Å². The molecule has 3 heteroatoms. The summed E-state index contributed by atoms with van der Waals surface area (Å²) in [6.07, 6.45) is 1.95. The summed E-state index contributed by atoms with van der Waals surface area (Å²) in [5.74, 6) is -0.683. The summed E-state index contributed by atoms with van der Waals surface area (Å²) >= 11 is 0. The highest BCUT2D eigenvalue weighted by molar-refractivity contribution is 5.77. The van der Waals surface area contributed by atoms with Gasteiger partial charge in [0, 0.05) is 6.42 Å². The highest BCUT2D eigenvalue weighted by Crippen LogP contribution is 2.25. The number of rotatable bonds is 4. The van der Waals surface area contributed by atoms with Crippen LogP contribution in [0.25, 0.3) is 0 Å². The average molecular weight is 244 g/mol. The molecule has 0 amide bonds. The van der Waals surface area contributed by atoms with Gasteiger partial charge in [-0.1, -0.05) is 23.8 Å². The minimum atomic E-state index is -0.821. The molecule has 1 aromatic heterocycles. The Morgan fingerprint density at radius 2 is 2.11 bits per heavy atom. The van der Waals surface area contributed by atoms with Crippen molar-refractivity contribution in [2.24, 2.45) is 0 Å². The summed E-state index contributed by atoms with van der Waals surface area (Å²) in [6, 6.07) is 9.43. The SMILES string of the molecule is Cc1ccc(C(Cc2ccco2)C(=O)O)c(C)c1. The lowest BCUT2D eigenvalue weighted by Crippen LogP contribution is -2.15. The summed E-state index contributed by atoms with van der Waals surface area (Å²) < 4.78 is 5.24. The molecule has 0 spiro atoms. The Hall–Kier alpha value is -2.03. The number of hydrogen-bond acceptors (Lipinski definition) is 2. The molecule has 2 rings (SSSR count). The Kier molecular flexibility index (Phi) is 3.51. The summed E-state index contributed by atoms with van der Waals surface area (Å²) in [5.41, 5.74) is 3.00. The van der Waals surface area contributed by atoms with E-state index < -0.39 is 11.9 Å². The molecule has 0 saturated carbocycles. The van der Waals surface area contributed by atoms with Crippen LogP contribution in [0.5, 0.6) is 0 Å². The maximum atomic E-state index is 11.4. The van der Waals surface area contributed by atoms with E-state index in [1.807, 2.05) is 32.0 Å². The summed E-state index contributed by atoms with van der Waals surface area (Å²) in [7, 11) is 0. The minimum absolute atomic E-state index is 0.381. The molecule has 18 heavy (non-hydrogen) atoms. The fraction of sp³-hybridized carbons (Fsp3) is 0.267. The normalized spacial score (nSPS) is 12.3. The third-order valence-electron chi connectivity index (χ3n) is 3.08. The molecule has 94 valence electrons. The molecule has 2 aromatic rings. The van der Waals surface area contributed by atoms with Crippen molar-refractivity contribution < 1.29 is 14.3 Å². The van der Waals surface area contributed by atoms with E-state index >= 15 is 0 Å². The molecular formula is C15H16O3. The van der Waals surface area contributed by atoms with Crippen molar-refractivity contribution in [1.82, 2.24) is 0 Å². The molecule has 0 radical (unpaired) electrons. The van der Waals surface area contributed by atoms with E-state index in [2.05, 4.69) is 0 Å². The number of aryl methyl sites for hydroxylation is 2. The number of benzene rings is 1. The second-order valence-electron chi connectivity index (χ2n) is 4.53.